The molecule has 0 N–H and O–H groups in total. The molecule has 20 heavy (non-hydrogen) atoms. The van der Waals surface area contributed by atoms with Crippen LogP contribution in [0.2, 0.25) is 0 Å². The van der Waals surface area contributed by atoms with Crippen molar-refractivity contribution in [3.63, 3.8) is 0 Å². The molecule has 5 nitrogen and oxygen atoms in total. The van der Waals surface area contributed by atoms with Crippen molar-refractivity contribution in [3.05, 3.63) is 23.8 Å². The Hall–Kier alpha value is -2.04. The fourth-order valence-electron chi connectivity index (χ4n) is 2.39. The van der Waals surface area contributed by atoms with Gasteiger partial charge in [0.1, 0.15) is 17.3 Å². The maximum Gasteiger partial charge on any atom is 0.223 e. The van der Waals surface area contributed by atoms with E-state index in [9.17, 15) is 9.59 Å². The predicted octanol–water partition coefficient (Wildman–Crippen LogP) is 1.64. The Morgan fingerprint density at radius 1 is 1.35 bits per heavy atom. The summed E-state index contributed by atoms with van der Waals surface area (Å²) >= 11 is 0. The van der Waals surface area contributed by atoms with Gasteiger partial charge in [0.25, 0.3) is 0 Å². The summed E-state index contributed by atoms with van der Waals surface area (Å²) in [6.07, 6.45) is 0.313. The van der Waals surface area contributed by atoms with Gasteiger partial charge in [-0.25, -0.2) is 0 Å². The minimum Gasteiger partial charge on any atom is -0.497 e. The summed E-state index contributed by atoms with van der Waals surface area (Å²) in [5, 5.41) is 0. The molecule has 108 valence electrons. The van der Waals surface area contributed by atoms with Crippen molar-refractivity contribution < 1.29 is 19.1 Å². The van der Waals surface area contributed by atoms with Crippen molar-refractivity contribution in [2.24, 2.45) is 5.92 Å². The number of likely N-dealkylation sites (tertiary alicyclic amines) is 1. The highest BCUT2D eigenvalue weighted by Crippen LogP contribution is 2.28. The highest BCUT2D eigenvalue weighted by atomic mass is 16.5. The van der Waals surface area contributed by atoms with Crippen LogP contribution >= 0.6 is 0 Å². The summed E-state index contributed by atoms with van der Waals surface area (Å²) in [7, 11) is 3.18. The average Bonchev–Trinajstić information content (AvgIpc) is 2.81. The fourth-order valence-corrected chi connectivity index (χ4v) is 2.39. The van der Waals surface area contributed by atoms with Gasteiger partial charge in [-0.1, -0.05) is 0 Å². The van der Waals surface area contributed by atoms with Crippen molar-refractivity contribution in [3.8, 4) is 11.5 Å². The van der Waals surface area contributed by atoms with E-state index in [1.54, 1.807) is 25.2 Å². The summed E-state index contributed by atoms with van der Waals surface area (Å²) in [4.78, 5) is 25.0. The third kappa shape index (κ3) is 2.92. The van der Waals surface area contributed by atoms with Gasteiger partial charge in [-0.3, -0.25) is 9.59 Å². The number of Topliss-reactive ketones (excluding diaryl/α,β-unsaturated/α-hetero) is 1. The molecule has 0 aliphatic carbocycles. The number of hydrogen-bond donors (Lipinski definition) is 0. The standard InChI is InChI=1S/C15H19NO4/c1-10(17)12-6-15(18)16(9-12)8-11-4-5-13(19-2)7-14(11)20-3/h4-5,7,12H,6,8-9H2,1-3H3. The lowest BCUT2D eigenvalue weighted by atomic mass is 10.1. The lowest BCUT2D eigenvalue weighted by Gasteiger charge is -2.18. The number of amides is 1. The molecule has 1 fully saturated rings. The summed E-state index contributed by atoms with van der Waals surface area (Å²) < 4.78 is 10.5. The van der Waals surface area contributed by atoms with E-state index in [2.05, 4.69) is 0 Å². The topological polar surface area (TPSA) is 55.8 Å². The normalized spacial score (nSPS) is 18.2. The number of hydrogen-bond acceptors (Lipinski definition) is 4. The minimum absolute atomic E-state index is 0.0167. The van der Waals surface area contributed by atoms with Gasteiger partial charge in [-0.05, 0) is 19.1 Å². The molecule has 0 spiro atoms. The molecule has 1 aliphatic rings. The SMILES string of the molecule is COc1ccc(CN2CC(C(C)=O)CC2=O)c(OC)c1. The first-order valence-corrected chi connectivity index (χ1v) is 6.54. The van der Waals surface area contributed by atoms with Crippen molar-refractivity contribution >= 4 is 11.7 Å². The second-order valence-electron chi connectivity index (χ2n) is 4.96. The molecule has 1 amide bonds. The molecular formula is C15H19NO4. The van der Waals surface area contributed by atoms with Crippen LogP contribution in [0.1, 0.15) is 18.9 Å². The van der Waals surface area contributed by atoms with Crippen LogP contribution < -0.4 is 9.47 Å². The first kappa shape index (κ1) is 14.4. The molecule has 5 heteroatoms. The van der Waals surface area contributed by atoms with Gasteiger partial charge in [-0.2, -0.15) is 0 Å². The number of nitrogens with zero attached hydrogens (tertiary/aromatic N) is 1. The van der Waals surface area contributed by atoms with E-state index >= 15 is 0 Å². The Morgan fingerprint density at radius 3 is 2.65 bits per heavy atom. The van der Waals surface area contributed by atoms with Crippen LogP contribution in [-0.2, 0) is 16.1 Å². The van der Waals surface area contributed by atoms with E-state index in [0.717, 1.165) is 5.56 Å². The summed E-state index contributed by atoms with van der Waals surface area (Å²) in [6.45, 7) is 2.48. The maximum absolute atomic E-state index is 11.9. The zero-order valence-corrected chi connectivity index (χ0v) is 12.0. The van der Waals surface area contributed by atoms with E-state index in [4.69, 9.17) is 9.47 Å². The van der Waals surface area contributed by atoms with Crippen molar-refractivity contribution in [1.82, 2.24) is 4.90 Å². The largest absolute Gasteiger partial charge is 0.497 e. The third-order valence-corrected chi connectivity index (χ3v) is 3.64. The van der Waals surface area contributed by atoms with E-state index in [-0.39, 0.29) is 17.6 Å². The van der Waals surface area contributed by atoms with Crippen LogP contribution in [0.25, 0.3) is 0 Å². The van der Waals surface area contributed by atoms with Crippen LogP contribution in [0, 0.1) is 5.92 Å². The van der Waals surface area contributed by atoms with Crippen LogP contribution in [0.4, 0.5) is 0 Å². The Kier molecular flexibility index (Phi) is 4.27. The van der Waals surface area contributed by atoms with Crippen LogP contribution in [0.3, 0.4) is 0 Å². The van der Waals surface area contributed by atoms with Crippen molar-refractivity contribution in [2.75, 3.05) is 20.8 Å². The summed E-state index contributed by atoms with van der Waals surface area (Å²) in [5.74, 6) is 1.31. The van der Waals surface area contributed by atoms with Crippen LogP contribution in [0.15, 0.2) is 18.2 Å². The van der Waals surface area contributed by atoms with Gasteiger partial charge in [0, 0.05) is 37.1 Å². The summed E-state index contributed by atoms with van der Waals surface area (Å²) in [5.41, 5.74) is 0.908. The van der Waals surface area contributed by atoms with E-state index < -0.39 is 0 Å². The Labute approximate surface area is 118 Å². The molecule has 0 bridgehead atoms. The highest BCUT2D eigenvalue weighted by Gasteiger charge is 2.32. The number of rotatable bonds is 5. The fraction of sp³-hybridized carbons (Fsp3) is 0.467. The molecule has 1 saturated heterocycles. The number of carbonyl (C=O) groups is 2. The average molecular weight is 277 g/mol. The number of methoxy groups -OCH3 is 2. The van der Waals surface area contributed by atoms with Gasteiger partial charge < -0.3 is 14.4 Å². The zero-order chi connectivity index (χ0) is 14.7. The Morgan fingerprint density at radius 2 is 2.10 bits per heavy atom. The number of ketones is 1. The van der Waals surface area contributed by atoms with Gasteiger partial charge in [0.05, 0.1) is 14.2 Å². The Balaban J connectivity index is 2.14. The number of benzene rings is 1. The monoisotopic (exact) mass is 277 g/mol. The number of carbonyl (C=O) groups excluding carboxylic acids is 2. The molecule has 1 aromatic carbocycles. The molecule has 0 aromatic heterocycles. The van der Waals surface area contributed by atoms with E-state index in [0.29, 0.717) is 31.0 Å². The van der Waals surface area contributed by atoms with Gasteiger partial charge in [-0.15, -0.1) is 0 Å². The molecule has 1 unspecified atom stereocenters. The van der Waals surface area contributed by atoms with Gasteiger partial charge in [0.2, 0.25) is 5.91 Å². The zero-order valence-electron chi connectivity index (χ0n) is 12.0. The third-order valence-electron chi connectivity index (χ3n) is 3.64. The lowest BCUT2D eigenvalue weighted by molar-refractivity contribution is -0.128. The van der Waals surface area contributed by atoms with Crippen LogP contribution in [-0.4, -0.2) is 37.4 Å². The molecule has 0 radical (unpaired) electrons. The van der Waals surface area contributed by atoms with Gasteiger partial charge in [0.15, 0.2) is 0 Å². The predicted molar refractivity (Wildman–Crippen MR) is 73.8 cm³/mol. The first-order chi connectivity index (χ1) is 9.55. The summed E-state index contributed by atoms with van der Waals surface area (Å²) in [6, 6.07) is 5.51. The lowest BCUT2D eigenvalue weighted by Crippen LogP contribution is -2.25. The molecular weight excluding hydrogens is 258 g/mol. The quantitative estimate of drug-likeness (QED) is 0.821. The molecule has 1 aromatic rings. The highest BCUT2D eigenvalue weighted by molar-refractivity contribution is 5.89. The molecule has 2 rings (SSSR count). The number of ether oxygens (including phenoxy) is 2. The maximum atomic E-state index is 11.9. The molecule has 1 atom stereocenters. The second-order valence-corrected chi connectivity index (χ2v) is 4.96. The first-order valence-electron chi connectivity index (χ1n) is 6.54. The molecule has 0 saturated carbocycles. The van der Waals surface area contributed by atoms with E-state index in [1.807, 2.05) is 12.1 Å². The smallest absolute Gasteiger partial charge is 0.223 e. The second kappa shape index (κ2) is 5.94. The Bertz CT molecular complexity index is 527. The van der Waals surface area contributed by atoms with E-state index in [1.165, 1.54) is 6.92 Å². The van der Waals surface area contributed by atoms with Crippen molar-refractivity contribution in [2.45, 2.75) is 19.9 Å². The molecule has 1 aliphatic heterocycles. The van der Waals surface area contributed by atoms with Crippen molar-refractivity contribution in [1.29, 1.82) is 0 Å². The minimum atomic E-state index is -0.174. The van der Waals surface area contributed by atoms with Gasteiger partial charge >= 0.3 is 0 Å². The molecule has 1 heterocycles. The van der Waals surface area contributed by atoms with Crippen LogP contribution in [0.5, 0.6) is 11.5 Å².